The number of anilines is 3. The first-order valence-electron chi connectivity index (χ1n) is 7.06. The molecule has 2 N–H and O–H groups in total. The van der Waals surface area contributed by atoms with Crippen LogP contribution < -0.4 is 20.3 Å². The fourth-order valence-corrected chi connectivity index (χ4v) is 2.21. The monoisotopic (exact) mass is 329 g/mol. The van der Waals surface area contributed by atoms with E-state index in [2.05, 4.69) is 10.6 Å². The van der Waals surface area contributed by atoms with Gasteiger partial charge in [0.1, 0.15) is 5.75 Å². The molecule has 0 unspecified atom stereocenters. The second-order valence-electron chi connectivity index (χ2n) is 4.90. The smallest absolute Gasteiger partial charge is 0.223 e. The highest BCUT2D eigenvalue weighted by Gasteiger charge is 2.06. The molecular formula is C17H19N3O2S. The summed E-state index contributed by atoms with van der Waals surface area (Å²) in [5.74, 6) is 0.703. The van der Waals surface area contributed by atoms with Crippen LogP contribution in [0.1, 0.15) is 6.92 Å². The minimum Gasteiger partial charge on any atom is -0.495 e. The fraction of sp³-hybridized carbons (Fsp3) is 0.176. The second-order valence-corrected chi connectivity index (χ2v) is 5.31. The summed E-state index contributed by atoms with van der Waals surface area (Å²) in [6, 6.07) is 15.0. The lowest BCUT2D eigenvalue weighted by Crippen LogP contribution is -2.23. The van der Waals surface area contributed by atoms with E-state index < -0.39 is 0 Å². The van der Waals surface area contributed by atoms with Crippen LogP contribution in [0.3, 0.4) is 0 Å². The fourth-order valence-electron chi connectivity index (χ4n) is 1.98. The third kappa shape index (κ3) is 4.43. The van der Waals surface area contributed by atoms with Gasteiger partial charge in [0.2, 0.25) is 5.91 Å². The average molecular weight is 329 g/mol. The van der Waals surface area contributed by atoms with Crippen molar-refractivity contribution in [3.63, 3.8) is 0 Å². The molecule has 2 rings (SSSR count). The minimum absolute atomic E-state index is 0.0148. The van der Waals surface area contributed by atoms with Gasteiger partial charge in [0.05, 0.1) is 12.8 Å². The zero-order valence-corrected chi connectivity index (χ0v) is 14.1. The van der Waals surface area contributed by atoms with Crippen LogP contribution in [0.2, 0.25) is 0 Å². The lowest BCUT2D eigenvalue weighted by molar-refractivity contribution is -0.116. The quantitative estimate of drug-likeness (QED) is 0.841. The zero-order valence-electron chi connectivity index (χ0n) is 13.3. The highest BCUT2D eigenvalue weighted by molar-refractivity contribution is 7.80. The Morgan fingerprint density at radius 1 is 1.09 bits per heavy atom. The van der Waals surface area contributed by atoms with E-state index in [0.29, 0.717) is 5.11 Å². The van der Waals surface area contributed by atoms with E-state index >= 15 is 0 Å². The van der Waals surface area contributed by atoms with E-state index in [1.54, 1.807) is 19.1 Å². The first-order chi connectivity index (χ1) is 11.0. The van der Waals surface area contributed by atoms with Gasteiger partial charge in [-0.3, -0.25) is 4.79 Å². The molecule has 0 radical (unpaired) electrons. The summed E-state index contributed by atoms with van der Waals surface area (Å²) in [7, 11) is 3.35. The van der Waals surface area contributed by atoms with Crippen LogP contribution in [0.5, 0.6) is 5.75 Å². The summed E-state index contributed by atoms with van der Waals surface area (Å²) in [5.41, 5.74) is 2.45. The number of methoxy groups -OCH3 is 1. The van der Waals surface area contributed by atoms with Crippen LogP contribution in [0, 0.1) is 0 Å². The standard InChI is InChI=1S/C17H19N3O2S/c1-12(21)20(2)14-10-8-13(9-11-14)18-17(23)19-15-6-4-5-7-16(15)22-3/h4-11H,1-3H3,(H2,18,19,23). The van der Waals surface area contributed by atoms with E-state index in [1.165, 1.54) is 6.92 Å². The first kappa shape index (κ1) is 16.8. The van der Waals surface area contributed by atoms with Gasteiger partial charge >= 0.3 is 0 Å². The Morgan fingerprint density at radius 2 is 1.74 bits per heavy atom. The molecule has 0 fully saturated rings. The Kier molecular flexibility index (Phi) is 5.54. The van der Waals surface area contributed by atoms with E-state index in [9.17, 15) is 4.79 Å². The van der Waals surface area contributed by atoms with Crippen molar-refractivity contribution in [2.75, 3.05) is 29.7 Å². The van der Waals surface area contributed by atoms with Crippen LogP contribution in [0.4, 0.5) is 17.1 Å². The Labute approximate surface area is 141 Å². The number of benzene rings is 2. The van der Waals surface area contributed by atoms with Crippen molar-refractivity contribution in [3.05, 3.63) is 48.5 Å². The number of amides is 1. The Hall–Kier alpha value is -2.60. The van der Waals surface area contributed by atoms with Crippen LogP contribution in [-0.4, -0.2) is 25.2 Å². The molecule has 2 aromatic rings. The molecule has 0 spiro atoms. The van der Waals surface area contributed by atoms with Gasteiger partial charge in [-0.05, 0) is 48.6 Å². The summed E-state index contributed by atoms with van der Waals surface area (Å²) in [4.78, 5) is 12.9. The molecule has 0 heterocycles. The highest BCUT2D eigenvalue weighted by atomic mass is 32.1. The number of carbonyl (C=O) groups is 1. The van der Waals surface area contributed by atoms with Gasteiger partial charge in [0.25, 0.3) is 0 Å². The number of ether oxygens (including phenoxy) is 1. The van der Waals surface area contributed by atoms with Crippen molar-refractivity contribution in [1.82, 2.24) is 0 Å². The number of hydrogen-bond acceptors (Lipinski definition) is 3. The number of thiocarbonyl (C=S) groups is 1. The number of nitrogens with zero attached hydrogens (tertiary/aromatic N) is 1. The molecular weight excluding hydrogens is 310 g/mol. The van der Waals surface area contributed by atoms with Gasteiger partial charge in [-0.2, -0.15) is 0 Å². The summed E-state index contributed by atoms with van der Waals surface area (Å²) in [6.07, 6.45) is 0. The van der Waals surface area contributed by atoms with Crippen LogP contribution in [0.15, 0.2) is 48.5 Å². The van der Waals surface area contributed by atoms with E-state index in [-0.39, 0.29) is 5.91 Å². The predicted octanol–water partition coefficient (Wildman–Crippen LogP) is 3.49. The summed E-state index contributed by atoms with van der Waals surface area (Å²) in [5, 5.41) is 6.66. The van der Waals surface area contributed by atoms with Crippen LogP contribution in [-0.2, 0) is 4.79 Å². The van der Waals surface area contributed by atoms with Crippen molar-refractivity contribution < 1.29 is 9.53 Å². The summed E-state index contributed by atoms with van der Waals surface area (Å²) >= 11 is 5.31. The number of para-hydroxylation sites is 2. The molecule has 2 aromatic carbocycles. The van der Waals surface area contributed by atoms with Crippen molar-refractivity contribution in [3.8, 4) is 5.75 Å². The van der Waals surface area contributed by atoms with Gasteiger partial charge < -0.3 is 20.3 Å². The molecule has 0 aliphatic carbocycles. The molecule has 120 valence electrons. The van der Waals surface area contributed by atoms with Gasteiger partial charge in [0, 0.05) is 25.3 Å². The first-order valence-corrected chi connectivity index (χ1v) is 7.47. The van der Waals surface area contributed by atoms with Gasteiger partial charge in [-0.1, -0.05) is 12.1 Å². The second kappa shape index (κ2) is 7.60. The highest BCUT2D eigenvalue weighted by Crippen LogP contribution is 2.23. The molecule has 5 nitrogen and oxygen atoms in total. The lowest BCUT2D eigenvalue weighted by Gasteiger charge is -2.16. The number of nitrogens with one attached hydrogen (secondary N) is 2. The van der Waals surface area contributed by atoms with Crippen molar-refractivity contribution in [2.24, 2.45) is 0 Å². The molecule has 0 saturated carbocycles. The lowest BCUT2D eigenvalue weighted by atomic mass is 10.2. The van der Waals surface area contributed by atoms with Gasteiger partial charge in [-0.15, -0.1) is 0 Å². The van der Waals surface area contributed by atoms with Gasteiger partial charge in [0.15, 0.2) is 5.11 Å². The molecule has 23 heavy (non-hydrogen) atoms. The molecule has 0 aliphatic heterocycles. The molecule has 0 bridgehead atoms. The maximum Gasteiger partial charge on any atom is 0.223 e. The number of carbonyl (C=O) groups excluding carboxylic acids is 1. The van der Waals surface area contributed by atoms with E-state index in [1.807, 2.05) is 48.5 Å². The maximum absolute atomic E-state index is 11.3. The molecule has 0 aliphatic rings. The summed E-state index contributed by atoms with van der Waals surface area (Å²) < 4.78 is 5.27. The third-order valence-corrected chi connectivity index (χ3v) is 3.54. The van der Waals surface area contributed by atoms with Crippen LogP contribution >= 0.6 is 12.2 Å². The van der Waals surface area contributed by atoms with E-state index in [0.717, 1.165) is 22.8 Å². The Balaban J connectivity index is 2.02. The Bertz CT molecular complexity index is 701. The SMILES string of the molecule is COc1ccccc1NC(=S)Nc1ccc(N(C)C(C)=O)cc1. The number of rotatable bonds is 4. The molecule has 0 saturated heterocycles. The minimum atomic E-state index is -0.0148. The average Bonchev–Trinajstić information content (AvgIpc) is 2.55. The molecule has 0 atom stereocenters. The maximum atomic E-state index is 11.3. The van der Waals surface area contributed by atoms with Crippen molar-refractivity contribution >= 4 is 40.3 Å². The largest absolute Gasteiger partial charge is 0.495 e. The summed E-state index contributed by atoms with van der Waals surface area (Å²) in [6.45, 7) is 1.53. The zero-order chi connectivity index (χ0) is 16.8. The van der Waals surface area contributed by atoms with Crippen molar-refractivity contribution in [2.45, 2.75) is 6.92 Å². The van der Waals surface area contributed by atoms with Gasteiger partial charge in [-0.25, -0.2) is 0 Å². The van der Waals surface area contributed by atoms with Crippen molar-refractivity contribution in [1.29, 1.82) is 0 Å². The number of hydrogen-bond donors (Lipinski definition) is 2. The van der Waals surface area contributed by atoms with E-state index in [4.69, 9.17) is 17.0 Å². The topological polar surface area (TPSA) is 53.6 Å². The molecule has 6 heteroatoms. The van der Waals surface area contributed by atoms with Crippen LogP contribution in [0.25, 0.3) is 0 Å². The molecule has 0 aromatic heterocycles. The normalized spacial score (nSPS) is 9.87. The predicted molar refractivity (Wildman–Crippen MR) is 98.4 cm³/mol. The Morgan fingerprint density at radius 3 is 2.35 bits per heavy atom. The molecule has 1 amide bonds. The third-order valence-electron chi connectivity index (χ3n) is 3.34.